The van der Waals surface area contributed by atoms with Gasteiger partial charge in [0, 0.05) is 19.8 Å². The average molecular weight is 228 g/mol. The van der Waals surface area contributed by atoms with Crippen LogP contribution in [0.5, 0.6) is 0 Å². The lowest BCUT2D eigenvalue weighted by Gasteiger charge is -2.19. The van der Waals surface area contributed by atoms with Crippen LogP contribution in [0.1, 0.15) is 32.6 Å². The predicted octanol–water partition coefficient (Wildman–Crippen LogP) is 1.83. The maximum Gasteiger partial charge on any atom is 0.0478 e. The van der Waals surface area contributed by atoms with Gasteiger partial charge in [0.05, 0.1) is 0 Å². The monoisotopic (exact) mass is 228 g/mol. The van der Waals surface area contributed by atoms with Crippen LogP contribution < -0.4 is 0 Å². The fraction of sp³-hybridized carbons (Fsp3) is 1.00. The smallest absolute Gasteiger partial charge is 0.0478 e. The minimum atomic E-state index is 0.846. The average Bonchev–Trinajstić information content (AvgIpc) is 2.77. The number of likely N-dealkylation sites (tertiary alicyclic amines) is 1. The minimum absolute atomic E-state index is 0.846. The van der Waals surface area contributed by atoms with E-state index in [1.807, 2.05) is 0 Å². The second-order valence-electron chi connectivity index (χ2n) is 4.76. The molecule has 0 bridgehead atoms. The number of rotatable bonds is 9. The van der Waals surface area contributed by atoms with Gasteiger partial charge in [-0.15, -0.1) is 0 Å². The minimum Gasteiger partial charge on any atom is -0.382 e. The van der Waals surface area contributed by atoms with Gasteiger partial charge in [0.25, 0.3) is 0 Å². The molecule has 1 rings (SSSR count). The van der Waals surface area contributed by atoms with Crippen molar-refractivity contribution < 1.29 is 4.74 Å². The summed E-state index contributed by atoms with van der Waals surface area (Å²) in [7, 11) is 2.22. The van der Waals surface area contributed by atoms with Crippen molar-refractivity contribution >= 4 is 0 Å². The second kappa shape index (κ2) is 8.97. The van der Waals surface area contributed by atoms with Crippen LogP contribution in [0.15, 0.2) is 0 Å². The third-order valence-corrected chi connectivity index (χ3v) is 3.25. The summed E-state index contributed by atoms with van der Waals surface area (Å²) in [5, 5.41) is 0. The molecule has 0 saturated carbocycles. The number of ether oxygens (including phenoxy) is 1. The molecule has 1 heterocycles. The molecule has 3 heteroatoms. The lowest BCUT2D eigenvalue weighted by Crippen LogP contribution is -2.27. The molecule has 96 valence electrons. The van der Waals surface area contributed by atoms with E-state index in [1.165, 1.54) is 52.0 Å². The van der Waals surface area contributed by atoms with Gasteiger partial charge in [-0.05, 0) is 65.8 Å². The second-order valence-corrected chi connectivity index (χ2v) is 4.76. The van der Waals surface area contributed by atoms with Gasteiger partial charge in [-0.25, -0.2) is 0 Å². The van der Waals surface area contributed by atoms with Crippen molar-refractivity contribution in [3.8, 4) is 0 Å². The number of nitrogens with zero attached hydrogens (tertiary/aromatic N) is 2. The van der Waals surface area contributed by atoms with Gasteiger partial charge >= 0.3 is 0 Å². The SMILES string of the molecule is CCOCCCN(C)CCCN1CCCC1. The van der Waals surface area contributed by atoms with Gasteiger partial charge in [-0.3, -0.25) is 0 Å². The molecule has 1 aliphatic rings. The van der Waals surface area contributed by atoms with Crippen molar-refractivity contribution in [1.82, 2.24) is 9.80 Å². The molecule has 0 N–H and O–H groups in total. The molecule has 1 aliphatic heterocycles. The number of hydrogen-bond acceptors (Lipinski definition) is 3. The van der Waals surface area contributed by atoms with E-state index in [-0.39, 0.29) is 0 Å². The van der Waals surface area contributed by atoms with E-state index in [0.29, 0.717) is 0 Å². The normalized spacial score (nSPS) is 17.4. The van der Waals surface area contributed by atoms with Crippen LogP contribution in [0, 0.1) is 0 Å². The fourth-order valence-corrected chi connectivity index (χ4v) is 2.26. The summed E-state index contributed by atoms with van der Waals surface area (Å²) >= 11 is 0. The molecule has 0 aromatic rings. The molecule has 0 atom stereocenters. The molecule has 3 nitrogen and oxygen atoms in total. The van der Waals surface area contributed by atoms with Crippen LogP contribution in [0.4, 0.5) is 0 Å². The summed E-state index contributed by atoms with van der Waals surface area (Å²) in [5.74, 6) is 0. The first-order chi connectivity index (χ1) is 7.83. The quantitative estimate of drug-likeness (QED) is 0.560. The zero-order valence-electron chi connectivity index (χ0n) is 11.1. The Morgan fingerprint density at radius 2 is 1.81 bits per heavy atom. The zero-order valence-corrected chi connectivity index (χ0v) is 11.1. The van der Waals surface area contributed by atoms with Crippen molar-refractivity contribution in [2.24, 2.45) is 0 Å². The summed E-state index contributed by atoms with van der Waals surface area (Å²) in [6.45, 7) is 10.1. The third kappa shape index (κ3) is 6.46. The Morgan fingerprint density at radius 3 is 2.50 bits per heavy atom. The van der Waals surface area contributed by atoms with Crippen LogP contribution in [-0.4, -0.2) is 62.8 Å². The molecule has 0 aliphatic carbocycles. The van der Waals surface area contributed by atoms with E-state index in [9.17, 15) is 0 Å². The summed E-state index contributed by atoms with van der Waals surface area (Å²) in [4.78, 5) is 5.02. The summed E-state index contributed by atoms with van der Waals surface area (Å²) < 4.78 is 5.33. The maximum atomic E-state index is 5.33. The third-order valence-electron chi connectivity index (χ3n) is 3.25. The van der Waals surface area contributed by atoms with Crippen LogP contribution in [-0.2, 0) is 4.74 Å². The zero-order chi connectivity index (χ0) is 11.6. The molecule has 0 aromatic carbocycles. The largest absolute Gasteiger partial charge is 0.382 e. The Hall–Kier alpha value is -0.120. The van der Waals surface area contributed by atoms with E-state index in [1.54, 1.807) is 0 Å². The highest BCUT2D eigenvalue weighted by atomic mass is 16.5. The van der Waals surface area contributed by atoms with E-state index in [4.69, 9.17) is 4.74 Å². The van der Waals surface area contributed by atoms with E-state index in [2.05, 4.69) is 23.8 Å². The molecule has 1 saturated heterocycles. The van der Waals surface area contributed by atoms with Gasteiger partial charge in [-0.1, -0.05) is 0 Å². The van der Waals surface area contributed by atoms with E-state index in [0.717, 1.165) is 19.6 Å². The molecule has 16 heavy (non-hydrogen) atoms. The van der Waals surface area contributed by atoms with Gasteiger partial charge in [0.15, 0.2) is 0 Å². The van der Waals surface area contributed by atoms with Crippen LogP contribution >= 0.6 is 0 Å². The molecular formula is C13H28N2O. The molecular weight excluding hydrogens is 200 g/mol. The first-order valence-corrected chi connectivity index (χ1v) is 6.81. The fourth-order valence-electron chi connectivity index (χ4n) is 2.26. The van der Waals surface area contributed by atoms with Crippen molar-refractivity contribution in [2.75, 3.05) is 53.0 Å². The Bertz CT molecular complexity index is 158. The lowest BCUT2D eigenvalue weighted by molar-refractivity contribution is 0.135. The Kier molecular flexibility index (Phi) is 7.81. The van der Waals surface area contributed by atoms with Crippen molar-refractivity contribution in [3.63, 3.8) is 0 Å². The standard InChI is InChI=1S/C13H28N2O/c1-3-16-13-7-9-14(2)8-6-12-15-10-4-5-11-15/h3-13H2,1-2H3. The summed E-state index contributed by atoms with van der Waals surface area (Å²) in [6, 6.07) is 0. The highest BCUT2D eigenvalue weighted by Gasteiger charge is 2.10. The highest BCUT2D eigenvalue weighted by Crippen LogP contribution is 2.07. The maximum absolute atomic E-state index is 5.33. The molecule has 1 fully saturated rings. The molecule has 0 radical (unpaired) electrons. The molecule has 0 amide bonds. The van der Waals surface area contributed by atoms with Crippen LogP contribution in [0.3, 0.4) is 0 Å². The molecule has 0 spiro atoms. The summed E-state index contributed by atoms with van der Waals surface area (Å²) in [6.07, 6.45) is 5.29. The van der Waals surface area contributed by atoms with Crippen LogP contribution in [0.25, 0.3) is 0 Å². The van der Waals surface area contributed by atoms with Gasteiger partial charge < -0.3 is 14.5 Å². The van der Waals surface area contributed by atoms with Crippen molar-refractivity contribution in [2.45, 2.75) is 32.6 Å². The predicted molar refractivity (Wildman–Crippen MR) is 68.9 cm³/mol. The first kappa shape index (κ1) is 13.9. The number of hydrogen-bond donors (Lipinski definition) is 0. The Labute approximate surface area is 101 Å². The van der Waals surface area contributed by atoms with Gasteiger partial charge in [0.2, 0.25) is 0 Å². The van der Waals surface area contributed by atoms with E-state index < -0.39 is 0 Å². The molecule has 0 aromatic heterocycles. The van der Waals surface area contributed by atoms with E-state index >= 15 is 0 Å². The van der Waals surface area contributed by atoms with Gasteiger partial charge in [0.1, 0.15) is 0 Å². The van der Waals surface area contributed by atoms with Crippen molar-refractivity contribution in [3.05, 3.63) is 0 Å². The topological polar surface area (TPSA) is 15.7 Å². The van der Waals surface area contributed by atoms with Crippen molar-refractivity contribution in [1.29, 1.82) is 0 Å². The van der Waals surface area contributed by atoms with Crippen LogP contribution in [0.2, 0.25) is 0 Å². The Morgan fingerprint density at radius 1 is 1.12 bits per heavy atom. The lowest BCUT2D eigenvalue weighted by atomic mass is 10.3. The Balaban J connectivity index is 1.87. The molecule has 0 unspecified atom stereocenters. The first-order valence-electron chi connectivity index (χ1n) is 6.81. The van der Waals surface area contributed by atoms with Gasteiger partial charge in [-0.2, -0.15) is 0 Å². The summed E-state index contributed by atoms with van der Waals surface area (Å²) in [5.41, 5.74) is 0. The highest BCUT2D eigenvalue weighted by molar-refractivity contribution is 4.66.